The second-order valence-electron chi connectivity index (χ2n) is 8.82. The first-order valence-electron chi connectivity index (χ1n) is 11.6. The molecule has 1 aliphatic heterocycles. The third-order valence-corrected chi connectivity index (χ3v) is 6.28. The Hall–Kier alpha value is -4.18. The normalized spacial score (nSPS) is 14.7. The van der Waals surface area contributed by atoms with E-state index in [1.165, 1.54) is 0 Å². The molecule has 0 unspecified atom stereocenters. The molecule has 2 amide bonds. The second kappa shape index (κ2) is 9.59. The molecule has 180 valence electrons. The molecular formula is C25H28N8O2. The van der Waals surface area contributed by atoms with E-state index in [9.17, 15) is 9.59 Å². The number of hydrogen-bond acceptors (Lipinski definition) is 6. The summed E-state index contributed by atoms with van der Waals surface area (Å²) >= 11 is 0. The highest BCUT2D eigenvalue weighted by atomic mass is 16.2. The van der Waals surface area contributed by atoms with Gasteiger partial charge in [-0.25, -0.2) is 4.98 Å². The molecule has 5 rings (SSSR count). The average Bonchev–Trinajstić information content (AvgIpc) is 3.51. The molecule has 5 N–H and O–H groups in total. The van der Waals surface area contributed by atoms with E-state index in [2.05, 4.69) is 48.1 Å². The molecule has 0 bridgehead atoms. The fourth-order valence-corrected chi connectivity index (χ4v) is 4.22. The van der Waals surface area contributed by atoms with Crippen LogP contribution < -0.4 is 16.0 Å². The van der Waals surface area contributed by atoms with Gasteiger partial charge in [-0.05, 0) is 75.4 Å². The number of carbonyl (C=O) groups is 2. The lowest BCUT2D eigenvalue weighted by molar-refractivity contribution is 0.0962. The molecule has 10 nitrogen and oxygen atoms in total. The van der Waals surface area contributed by atoms with Gasteiger partial charge in [0.2, 0.25) is 0 Å². The lowest BCUT2D eigenvalue weighted by Crippen LogP contribution is -2.36. The van der Waals surface area contributed by atoms with Crippen LogP contribution in [0.25, 0.3) is 22.6 Å². The van der Waals surface area contributed by atoms with Gasteiger partial charge in [0.1, 0.15) is 5.69 Å². The van der Waals surface area contributed by atoms with Crippen molar-refractivity contribution in [1.29, 1.82) is 0 Å². The van der Waals surface area contributed by atoms with Gasteiger partial charge >= 0.3 is 0 Å². The Labute approximate surface area is 202 Å². The monoisotopic (exact) mass is 472 g/mol. The van der Waals surface area contributed by atoms with E-state index in [0.717, 1.165) is 42.7 Å². The zero-order valence-electron chi connectivity index (χ0n) is 19.7. The van der Waals surface area contributed by atoms with Crippen molar-refractivity contribution in [3.05, 3.63) is 59.7 Å². The Morgan fingerprint density at radius 1 is 1.00 bits per heavy atom. The fourth-order valence-electron chi connectivity index (χ4n) is 4.22. The van der Waals surface area contributed by atoms with E-state index < -0.39 is 0 Å². The van der Waals surface area contributed by atoms with E-state index >= 15 is 0 Å². The summed E-state index contributed by atoms with van der Waals surface area (Å²) in [6, 6.07) is 14.9. The Balaban J connectivity index is 1.23. The number of anilines is 2. The number of amides is 2. The number of carbonyl (C=O) groups excluding carboxylic acids is 2. The van der Waals surface area contributed by atoms with Gasteiger partial charge in [-0.15, -0.1) is 0 Å². The predicted molar refractivity (Wildman–Crippen MR) is 136 cm³/mol. The molecule has 4 aromatic rings. The largest absolute Gasteiger partial charge is 0.382 e. The van der Waals surface area contributed by atoms with Crippen LogP contribution in [-0.4, -0.2) is 70.1 Å². The number of likely N-dealkylation sites (tertiary alicyclic amines) is 1. The SMILES string of the molecule is CNC(=O)c1ccc2nc(-c3cc(NC(=O)c4ccc(NC5CCN(C)CC5)cc4)n[nH]3)[nH]c2c1. The summed E-state index contributed by atoms with van der Waals surface area (Å²) < 4.78 is 0. The average molecular weight is 473 g/mol. The number of nitrogens with one attached hydrogen (secondary N) is 5. The van der Waals surface area contributed by atoms with Gasteiger partial charge < -0.3 is 25.8 Å². The van der Waals surface area contributed by atoms with E-state index in [4.69, 9.17) is 0 Å². The number of fused-ring (bicyclic) bond motifs is 1. The number of aromatic nitrogens is 4. The van der Waals surface area contributed by atoms with Crippen LogP contribution in [0.3, 0.4) is 0 Å². The van der Waals surface area contributed by atoms with E-state index in [1.54, 1.807) is 31.3 Å². The smallest absolute Gasteiger partial charge is 0.256 e. The van der Waals surface area contributed by atoms with Crippen LogP contribution in [0.4, 0.5) is 11.5 Å². The number of hydrogen-bond donors (Lipinski definition) is 5. The minimum Gasteiger partial charge on any atom is -0.382 e. The Bertz CT molecular complexity index is 1350. The topological polar surface area (TPSA) is 131 Å². The summed E-state index contributed by atoms with van der Waals surface area (Å²) in [6.45, 7) is 2.18. The molecule has 2 aromatic carbocycles. The molecule has 0 radical (unpaired) electrons. The number of benzene rings is 2. The minimum absolute atomic E-state index is 0.166. The van der Waals surface area contributed by atoms with Gasteiger partial charge in [0.05, 0.1) is 11.0 Å². The molecule has 1 aliphatic rings. The number of H-pyrrole nitrogens is 2. The second-order valence-corrected chi connectivity index (χ2v) is 8.82. The van der Waals surface area contributed by atoms with Crippen molar-refractivity contribution in [2.75, 3.05) is 37.8 Å². The van der Waals surface area contributed by atoms with Crippen molar-refractivity contribution in [2.24, 2.45) is 0 Å². The molecule has 2 aromatic heterocycles. The minimum atomic E-state index is -0.242. The van der Waals surface area contributed by atoms with Gasteiger partial charge in [-0.2, -0.15) is 5.10 Å². The fraction of sp³-hybridized carbons (Fsp3) is 0.280. The van der Waals surface area contributed by atoms with Crippen LogP contribution in [0.15, 0.2) is 48.5 Å². The Kier molecular flexibility index (Phi) is 6.19. The third kappa shape index (κ3) is 5.02. The first kappa shape index (κ1) is 22.6. The van der Waals surface area contributed by atoms with Crippen LogP contribution in [-0.2, 0) is 0 Å². The molecule has 0 spiro atoms. The first-order chi connectivity index (χ1) is 17.0. The van der Waals surface area contributed by atoms with Crippen LogP contribution in [0.2, 0.25) is 0 Å². The molecule has 0 atom stereocenters. The molecule has 1 saturated heterocycles. The van der Waals surface area contributed by atoms with E-state index in [1.807, 2.05) is 24.3 Å². The molecule has 35 heavy (non-hydrogen) atoms. The number of nitrogens with zero attached hydrogens (tertiary/aromatic N) is 3. The number of aromatic amines is 2. The van der Waals surface area contributed by atoms with Crippen LogP contribution in [0, 0.1) is 0 Å². The summed E-state index contributed by atoms with van der Waals surface area (Å²) in [6.07, 6.45) is 2.22. The van der Waals surface area contributed by atoms with Crippen molar-refractivity contribution in [3.63, 3.8) is 0 Å². The maximum absolute atomic E-state index is 12.7. The Morgan fingerprint density at radius 2 is 1.74 bits per heavy atom. The van der Waals surface area contributed by atoms with Crippen LogP contribution in [0.1, 0.15) is 33.6 Å². The molecule has 10 heteroatoms. The summed E-state index contributed by atoms with van der Waals surface area (Å²) in [4.78, 5) is 34.6. The quantitative estimate of drug-likeness (QED) is 0.293. The van der Waals surface area contributed by atoms with Gasteiger partial charge in [0.15, 0.2) is 11.6 Å². The van der Waals surface area contributed by atoms with Gasteiger partial charge in [0, 0.05) is 36.0 Å². The van der Waals surface area contributed by atoms with Crippen molar-refractivity contribution in [3.8, 4) is 11.5 Å². The van der Waals surface area contributed by atoms with Crippen molar-refractivity contribution in [2.45, 2.75) is 18.9 Å². The molecule has 0 aliphatic carbocycles. The highest BCUT2D eigenvalue weighted by Crippen LogP contribution is 2.22. The summed E-state index contributed by atoms with van der Waals surface area (Å²) in [5.74, 6) is 0.547. The summed E-state index contributed by atoms with van der Waals surface area (Å²) in [5, 5.41) is 16.1. The Morgan fingerprint density at radius 3 is 2.49 bits per heavy atom. The lowest BCUT2D eigenvalue weighted by atomic mass is 10.0. The molecule has 3 heterocycles. The van der Waals surface area contributed by atoms with E-state index in [-0.39, 0.29) is 11.8 Å². The zero-order valence-corrected chi connectivity index (χ0v) is 19.7. The first-order valence-corrected chi connectivity index (χ1v) is 11.6. The number of imidazole rings is 1. The van der Waals surface area contributed by atoms with Crippen molar-refractivity contribution >= 4 is 34.4 Å². The standard InChI is InChI=1S/C25H28N8O2/c1-26-24(34)16-5-8-19-20(13-16)29-23(28-19)21-14-22(32-31-21)30-25(35)15-3-6-17(7-4-15)27-18-9-11-33(2)12-10-18/h3-8,13-14,18,27H,9-12H2,1-2H3,(H,26,34)(H,28,29)(H2,30,31,32,35). The van der Waals surface area contributed by atoms with E-state index in [0.29, 0.717) is 34.5 Å². The van der Waals surface area contributed by atoms with Crippen molar-refractivity contribution in [1.82, 2.24) is 30.4 Å². The maximum Gasteiger partial charge on any atom is 0.256 e. The zero-order chi connectivity index (χ0) is 24.4. The van der Waals surface area contributed by atoms with Crippen molar-refractivity contribution < 1.29 is 9.59 Å². The number of rotatable bonds is 6. The maximum atomic E-state index is 12.7. The lowest BCUT2D eigenvalue weighted by Gasteiger charge is -2.30. The highest BCUT2D eigenvalue weighted by Gasteiger charge is 2.17. The molecular weight excluding hydrogens is 444 g/mol. The highest BCUT2D eigenvalue weighted by molar-refractivity contribution is 6.04. The van der Waals surface area contributed by atoms with Crippen LogP contribution >= 0.6 is 0 Å². The van der Waals surface area contributed by atoms with Gasteiger partial charge in [-0.3, -0.25) is 14.7 Å². The third-order valence-electron chi connectivity index (χ3n) is 6.28. The van der Waals surface area contributed by atoms with Gasteiger partial charge in [-0.1, -0.05) is 0 Å². The van der Waals surface area contributed by atoms with Crippen LogP contribution in [0.5, 0.6) is 0 Å². The predicted octanol–water partition coefficient (Wildman–Crippen LogP) is 3.07. The number of piperidine rings is 1. The van der Waals surface area contributed by atoms with Gasteiger partial charge in [0.25, 0.3) is 11.8 Å². The molecule has 0 saturated carbocycles. The summed E-state index contributed by atoms with van der Waals surface area (Å²) in [5.41, 5.74) is 4.18. The molecule has 1 fully saturated rings. The summed E-state index contributed by atoms with van der Waals surface area (Å²) in [7, 11) is 3.74.